The number of anilines is 1. The van der Waals surface area contributed by atoms with Crippen molar-refractivity contribution < 1.29 is 0 Å². The largest absolute Gasteiger partial charge is 0.389 e. The molecule has 1 aromatic carbocycles. The van der Waals surface area contributed by atoms with Gasteiger partial charge in [0, 0.05) is 17.8 Å². The normalized spacial score (nSPS) is 10.3. The summed E-state index contributed by atoms with van der Waals surface area (Å²) in [5.41, 5.74) is 9.84. The van der Waals surface area contributed by atoms with Gasteiger partial charge in [0.25, 0.3) is 0 Å². The zero-order valence-electron chi connectivity index (χ0n) is 9.87. The molecule has 0 atom stereocenters. The van der Waals surface area contributed by atoms with Gasteiger partial charge in [-0.25, -0.2) is 0 Å². The third-order valence-corrected chi connectivity index (χ3v) is 4.12. The number of nitrogens with one attached hydrogen (secondary N) is 1. The number of nitrogens with two attached hydrogens (primary N) is 1. The van der Waals surface area contributed by atoms with Crippen LogP contribution in [0.2, 0.25) is 5.02 Å². The standard InChI is InChI=1S/C13H13ClN2S2/c1-8-6-18-7-9(8)5-16-10-2-3-11(13(15)17)12(14)4-10/h2-4,6-7,16H,5H2,1H3,(H2,15,17). The van der Waals surface area contributed by atoms with E-state index in [0.717, 1.165) is 12.2 Å². The molecule has 0 fully saturated rings. The molecule has 0 aliphatic carbocycles. The molecule has 2 rings (SSSR count). The molecule has 5 heteroatoms. The van der Waals surface area contributed by atoms with E-state index < -0.39 is 0 Å². The number of halogens is 1. The van der Waals surface area contributed by atoms with Gasteiger partial charge in [-0.15, -0.1) is 0 Å². The fourth-order valence-corrected chi connectivity index (χ4v) is 2.96. The van der Waals surface area contributed by atoms with Crippen molar-refractivity contribution in [3.05, 3.63) is 50.7 Å². The second-order valence-corrected chi connectivity index (χ2v) is 5.58. The Kier molecular flexibility index (Phi) is 4.22. The molecule has 3 N–H and O–H groups in total. The highest BCUT2D eigenvalue weighted by Crippen LogP contribution is 2.22. The highest BCUT2D eigenvalue weighted by molar-refractivity contribution is 7.80. The van der Waals surface area contributed by atoms with E-state index in [1.54, 1.807) is 11.3 Å². The molecule has 1 aromatic heterocycles. The van der Waals surface area contributed by atoms with Gasteiger partial charge >= 0.3 is 0 Å². The van der Waals surface area contributed by atoms with Crippen LogP contribution in [-0.4, -0.2) is 4.99 Å². The summed E-state index contributed by atoms with van der Waals surface area (Å²) in [6.45, 7) is 2.90. The third kappa shape index (κ3) is 3.02. The Morgan fingerprint density at radius 1 is 1.44 bits per heavy atom. The minimum Gasteiger partial charge on any atom is -0.389 e. The molecule has 2 nitrogen and oxygen atoms in total. The fraction of sp³-hybridized carbons (Fsp3) is 0.154. The van der Waals surface area contributed by atoms with Crippen molar-refractivity contribution in [2.24, 2.45) is 5.73 Å². The van der Waals surface area contributed by atoms with Gasteiger partial charge in [0.2, 0.25) is 0 Å². The van der Waals surface area contributed by atoms with Crippen molar-refractivity contribution in [1.29, 1.82) is 0 Å². The summed E-state index contributed by atoms with van der Waals surface area (Å²) in [6.07, 6.45) is 0. The van der Waals surface area contributed by atoms with E-state index in [9.17, 15) is 0 Å². The molecule has 0 aliphatic rings. The van der Waals surface area contributed by atoms with Crippen molar-refractivity contribution in [2.75, 3.05) is 5.32 Å². The van der Waals surface area contributed by atoms with Crippen LogP contribution in [0.5, 0.6) is 0 Å². The lowest BCUT2D eigenvalue weighted by Crippen LogP contribution is -2.10. The van der Waals surface area contributed by atoms with Crippen molar-refractivity contribution in [1.82, 2.24) is 0 Å². The lowest BCUT2D eigenvalue weighted by molar-refractivity contribution is 1.14. The van der Waals surface area contributed by atoms with E-state index in [1.165, 1.54) is 11.1 Å². The van der Waals surface area contributed by atoms with Gasteiger partial charge in [-0.3, -0.25) is 0 Å². The van der Waals surface area contributed by atoms with Crippen molar-refractivity contribution >= 4 is 45.8 Å². The molecule has 0 spiro atoms. The molecule has 0 amide bonds. The van der Waals surface area contributed by atoms with Crippen LogP contribution in [0.4, 0.5) is 5.69 Å². The van der Waals surface area contributed by atoms with Gasteiger partial charge in [0.15, 0.2) is 0 Å². The third-order valence-electron chi connectivity index (χ3n) is 2.68. The van der Waals surface area contributed by atoms with Crippen molar-refractivity contribution in [2.45, 2.75) is 13.5 Å². The molecule has 0 saturated carbocycles. The monoisotopic (exact) mass is 296 g/mol. The van der Waals surface area contributed by atoms with E-state index in [2.05, 4.69) is 23.0 Å². The minimum absolute atomic E-state index is 0.320. The zero-order chi connectivity index (χ0) is 13.1. The molecule has 94 valence electrons. The number of rotatable bonds is 4. The van der Waals surface area contributed by atoms with E-state index >= 15 is 0 Å². The lowest BCUT2D eigenvalue weighted by Gasteiger charge is -2.08. The molecule has 0 radical (unpaired) electrons. The smallest absolute Gasteiger partial charge is 0.105 e. The first kappa shape index (κ1) is 13.3. The molecule has 0 saturated heterocycles. The number of hydrogen-bond acceptors (Lipinski definition) is 3. The van der Waals surface area contributed by atoms with Crippen LogP contribution in [0, 0.1) is 6.92 Å². The average molecular weight is 297 g/mol. The van der Waals surface area contributed by atoms with E-state index in [1.807, 2.05) is 18.2 Å². The van der Waals surface area contributed by atoms with Crippen LogP contribution in [0.1, 0.15) is 16.7 Å². The summed E-state index contributed by atoms with van der Waals surface area (Å²) in [5.74, 6) is 0. The summed E-state index contributed by atoms with van der Waals surface area (Å²) < 4.78 is 0. The number of thiocarbonyl (C=S) groups is 1. The van der Waals surface area contributed by atoms with Crippen LogP contribution < -0.4 is 11.1 Å². The summed E-state index contributed by atoms with van der Waals surface area (Å²) in [5, 5.41) is 8.20. The highest BCUT2D eigenvalue weighted by Gasteiger charge is 2.05. The molecule has 2 aromatic rings. The first-order valence-corrected chi connectivity index (χ1v) is 7.15. The summed E-state index contributed by atoms with van der Waals surface area (Å²) in [6, 6.07) is 5.62. The quantitative estimate of drug-likeness (QED) is 0.839. The minimum atomic E-state index is 0.320. The summed E-state index contributed by atoms with van der Waals surface area (Å²) in [7, 11) is 0. The Hall–Kier alpha value is -1.10. The number of aryl methyl sites for hydroxylation is 1. The van der Waals surface area contributed by atoms with Crippen LogP contribution in [-0.2, 0) is 6.54 Å². The van der Waals surface area contributed by atoms with Gasteiger partial charge in [-0.05, 0) is 47.0 Å². The number of hydrogen-bond donors (Lipinski definition) is 2. The van der Waals surface area contributed by atoms with Crippen molar-refractivity contribution in [3.63, 3.8) is 0 Å². The first-order valence-electron chi connectivity index (χ1n) is 5.43. The van der Waals surface area contributed by atoms with E-state index in [4.69, 9.17) is 29.6 Å². The molecular formula is C13H13ClN2S2. The Bertz CT molecular complexity index is 578. The Balaban J connectivity index is 2.09. The Morgan fingerprint density at radius 2 is 2.22 bits per heavy atom. The second-order valence-electron chi connectivity index (χ2n) is 3.99. The van der Waals surface area contributed by atoms with Gasteiger partial charge in [-0.2, -0.15) is 11.3 Å². The van der Waals surface area contributed by atoms with Crippen LogP contribution in [0.15, 0.2) is 29.0 Å². The first-order chi connectivity index (χ1) is 8.58. The molecule has 1 heterocycles. The Morgan fingerprint density at radius 3 is 2.78 bits per heavy atom. The predicted molar refractivity (Wildman–Crippen MR) is 83.7 cm³/mol. The topological polar surface area (TPSA) is 38.0 Å². The number of thiophene rings is 1. The highest BCUT2D eigenvalue weighted by atomic mass is 35.5. The van der Waals surface area contributed by atoms with E-state index in [-0.39, 0.29) is 0 Å². The average Bonchev–Trinajstić information content (AvgIpc) is 2.72. The van der Waals surface area contributed by atoms with Gasteiger partial charge in [0.1, 0.15) is 4.99 Å². The second kappa shape index (κ2) is 5.69. The SMILES string of the molecule is Cc1cscc1CNc1ccc(C(N)=S)c(Cl)c1. The van der Waals surface area contributed by atoms with Gasteiger partial charge < -0.3 is 11.1 Å². The molecule has 0 bridgehead atoms. The summed E-state index contributed by atoms with van der Waals surface area (Å²) in [4.78, 5) is 0.320. The van der Waals surface area contributed by atoms with E-state index in [0.29, 0.717) is 15.6 Å². The molecular weight excluding hydrogens is 284 g/mol. The van der Waals surface area contributed by atoms with Gasteiger partial charge in [0.05, 0.1) is 5.02 Å². The zero-order valence-corrected chi connectivity index (χ0v) is 12.3. The maximum Gasteiger partial charge on any atom is 0.105 e. The maximum absolute atomic E-state index is 6.11. The molecule has 0 aliphatic heterocycles. The predicted octanol–water partition coefficient (Wildman–Crippen LogP) is 3.96. The van der Waals surface area contributed by atoms with Crippen LogP contribution in [0.3, 0.4) is 0 Å². The lowest BCUT2D eigenvalue weighted by atomic mass is 10.2. The number of benzene rings is 1. The summed E-state index contributed by atoms with van der Waals surface area (Å²) >= 11 is 12.7. The van der Waals surface area contributed by atoms with Gasteiger partial charge in [-0.1, -0.05) is 23.8 Å². The fourth-order valence-electron chi connectivity index (χ4n) is 1.59. The molecule has 0 unspecified atom stereocenters. The van der Waals surface area contributed by atoms with Crippen LogP contribution in [0.25, 0.3) is 0 Å². The maximum atomic E-state index is 6.11. The van der Waals surface area contributed by atoms with Crippen LogP contribution >= 0.6 is 35.2 Å². The molecule has 18 heavy (non-hydrogen) atoms. The van der Waals surface area contributed by atoms with Crippen molar-refractivity contribution in [3.8, 4) is 0 Å². The Labute approximate surface area is 121 Å².